The number of hydrogen-bond acceptors (Lipinski definition) is 5. The van der Waals surface area contributed by atoms with E-state index in [0.29, 0.717) is 5.02 Å². The number of hydrogen-bond donors (Lipinski definition) is 2. The molecule has 7 nitrogen and oxygen atoms in total. The molecule has 1 aromatic carbocycles. The normalized spacial score (nSPS) is 10.9. The minimum absolute atomic E-state index is 0.0855. The molecule has 124 valence electrons. The zero-order valence-electron chi connectivity index (χ0n) is 12.7. The maximum atomic E-state index is 12.3. The molecule has 3 rings (SSSR count). The second kappa shape index (κ2) is 6.37. The minimum Gasteiger partial charge on any atom is -0.493 e. The predicted molar refractivity (Wildman–Crippen MR) is 87.7 cm³/mol. The summed E-state index contributed by atoms with van der Waals surface area (Å²) in [6, 6.07) is 6.93. The summed E-state index contributed by atoms with van der Waals surface area (Å²) in [5.74, 6) is -0.938. The third-order valence-corrected chi connectivity index (χ3v) is 3.79. The van der Waals surface area contributed by atoms with Crippen LogP contribution in [0.15, 0.2) is 35.3 Å². The molecule has 0 fully saturated rings. The molecule has 0 aliphatic heterocycles. The molecule has 0 saturated heterocycles. The lowest BCUT2D eigenvalue weighted by atomic mass is 10.1. The van der Waals surface area contributed by atoms with E-state index in [1.165, 1.54) is 6.20 Å². The second-order valence-electron chi connectivity index (χ2n) is 5.10. The number of esters is 1. The SMILES string of the molecule is CCOC(=O)c1cnn2c(O)c(Cc3ccc(Cl)cc3)c(=O)[nH]c12. The summed E-state index contributed by atoms with van der Waals surface area (Å²) in [5.41, 5.74) is 0.625. The molecule has 3 aromatic rings. The molecule has 0 aliphatic carbocycles. The van der Waals surface area contributed by atoms with Crippen LogP contribution < -0.4 is 5.56 Å². The van der Waals surface area contributed by atoms with Crippen molar-refractivity contribution in [1.82, 2.24) is 14.6 Å². The number of nitrogens with zero attached hydrogens (tertiary/aromatic N) is 2. The standard InChI is InChI=1S/C16H14ClN3O4/c1-2-24-16(23)12-8-18-20-13(12)19-14(21)11(15(20)22)7-9-3-5-10(17)6-4-9/h3-6,8,22H,2,7H2,1H3,(H,19,21). The van der Waals surface area contributed by atoms with Gasteiger partial charge in [-0.2, -0.15) is 9.61 Å². The van der Waals surface area contributed by atoms with E-state index in [9.17, 15) is 14.7 Å². The highest BCUT2D eigenvalue weighted by atomic mass is 35.5. The topological polar surface area (TPSA) is 96.7 Å². The zero-order valence-corrected chi connectivity index (χ0v) is 13.5. The number of aromatic hydroxyl groups is 1. The quantitative estimate of drug-likeness (QED) is 0.705. The van der Waals surface area contributed by atoms with Crippen LogP contribution in [-0.2, 0) is 11.2 Å². The van der Waals surface area contributed by atoms with E-state index in [2.05, 4.69) is 10.1 Å². The average Bonchev–Trinajstić information content (AvgIpc) is 2.97. The van der Waals surface area contributed by atoms with Gasteiger partial charge in [-0.25, -0.2) is 4.79 Å². The molecule has 0 saturated carbocycles. The van der Waals surface area contributed by atoms with Crippen LogP contribution in [-0.4, -0.2) is 32.3 Å². The Morgan fingerprint density at radius 1 is 1.38 bits per heavy atom. The first-order valence-electron chi connectivity index (χ1n) is 7.24. The maximum Gasteiger partial charge on any atom is 0.343 e. The molecule has 0 radical (unpaired) electrons. The Bertz CT molecular complexity index is 960. The van der Waals surface area contributed by atoms with Gasteiger partial charge in [0, 0.05) is 11.4 Å². The predicted octanol–water partition coefficient (Wildman–Crippen LogP) is 2.15. The first-order chi connectivity index (χ1) is 11.5. The number of H-pyrrole nitrogens is 1. The maximum absolute atomic E-state index is 12.3. The third-order valence-electron chi connectivity index (χ3n) is 3.54. The number of aromatic nitrogens is 3. The van der Waals surface area contributed by atoms with Crippen LogP contribution in [0.25, 0.3) is 5.65 Å². The van der Waals surface area contributed by atoms with Crippen molar-refractivity contribution in [3.63, 3.8) is 0 Å². The molecule has 0 spiro atoms. The Morgan fingerprint density at radius 3 is 2.75 bits per heavy atom. The zero-order chi connectivity index (χ0) is 17.3. The van der Waals surface area contributed by atoms with Crippen molar-refractivity contribution in [2.75, 3.05) is 6.61 Å². The van der Waals surface area contributed by atoms with Gasteiger partial charge in [-0.1, -0.05) is 23.7 Å². The first-order valence-corrected chi connectivity index (χ1v) is 7.62. The van der Waals surface area contributed by atoms with Gasteiger partial charge in [-0.15, -0.1) is 0 Å². The molecular weight excluding hydrogens is 334 g/mol. The fourth-order valence-corrected chi connectivity index (χ4v) is 2.49. The molecule has 2 aromatic heterocycles. The van der Waals surface area contributed by atoms with Crippen LogP contribution in [0.4, 0.5) is 0 Å². The van der Waals surface area contributed by atoms with Gasteiger partial charge in [-0.05, 0) is 24.6 Å². The van der Waals surface area contributed by atoms with Gasteiger partial charge in [-0.3, -0.25) is 4.79 Å². The molecule has 0 amide bonds. The number of benzene rings is 1. The van der Waals surface area contributed by atoms with Crippen LogP contribution in [0.5, 0.6) is 5.88 Å². The fraction of sp³-hybridized carbons (Fsp3) is 0.188. The van der Waals surface area contributed by atoms with E-state index in [1.54, 1.807) is 31.2 Å². The van der Waals surface area contributed by atoms with Gasteiger partial charge >= 0.3 is 5.97 Å². The number of fused-ring (bicyclic) bond motifs is 1. The van der Waals surface area contributed by atoms with Gasteiger partial charge in [0.05, 0.1) is 18.4 Å². The van der Waals surface area contributed by atoms with Crippen LogP contribution in [0.3, 0.4) is 0 Å². The summed E-state index contributed by atoms with van der Waals surface area (Å²) in [6.07, 6.45) is 1.44. The summed E-state index contributed by atoms with van der Waals surface area (Å²) < 4.78 is 6.01. The summed E-state index contributed by atoms with van der Waals surface area (Å²) in [6.45, 7) is 1.87. The Morgan fingerprint density at radius 2 is 2.08 bits per heavy atom. The molecule has 0 unspecified atom stereocenters. The van der Waals surface area contributed by atoms with E-state index in [4.69, 9.17) is 16.3 Å². The van der Waals surface area contributed by atoms with Crippen molar-refractivity contribution in [3.8, 4) is 5.88 Å². The lowest BCUT2D eigenvalue weighted by Gasteiger charge is -2.07. The number of aromatic amines is 1. The molecule has 8 heteroatoms. The van der Waals surface area contributed by atoms with E-state index in [1.807, 2.05) is 0 Å². The first kappa shape index (κ1) is 16.1. The van der Waals surface area contributed by atoms with Gasteiger partial charge in [0.25, 0.3) is 5.56 Å². The molecule has 2 N–H and O–H groups in total. The monoisotopic (exact) mass is 347 g/mol. The Labute approximate surface area is 141 Å². The van der Waals surface area contributed by atoms with Crippen molar-refractivity contribution in [1.29, 1.82) is 0 Å². The lowest BCUT2D eigenvalue weighted by Crippen LogP contribution is -2.17. The highest BCUT2D eigenvalue weighted by Crippen LogP contribution is 2.20. The van der Waals surface area contributed by atoms with E-state index >= 15 is 0 Å². The van der Waals surface area contributed by atoms with Crippen LogP contribution in [0.2, 0.25) is 5.02 Å². The largest absolute Gasteiger partial charge is 0.493 e. The number of ether oxygens (including phenoxy) is 1. The lowest BCUT2D eigenvalue weighted by molar-refractivity contribution is 0.0528. The van der Waals surface area contributed by atoms with Crippen molar-refractivity contribution >= 4 is 23.2 Å². The average molecular weight is 348 g/mol. The molecule has 24 heavy (non-hydrogen) atoms. The summed E-state index contributed by atoms with van der Waals surface area (Å²) >= 11 is 5.84. The summed E-state index contributed by atoms with van der Waals surface area (Å²) in [7, 11) is 0. The fourth-order valence-electron chi connectivity index (χ4n) is 2.37. The number of nitrogens with one attached hydrogen (secondary N) is 1. The molecule has 0 aliphatic rings. The Hall–Kier alpha value is -2.80. The van der Waals surface area contributed by atoms with Crippen molar-refractivity contribution in [3.05, 3.63) is 62.5 Å². The van der Waals surface area contributed by atoms with Gasteiger partial charge < -0.3 is 14.8 Å². The van der Waals surface area contributed by atoms with Crippen LogP contribution >= 0.6 is 11.6 Å². The van der Waals surface area contributed by atoms with Crippen molar-refractivity contribution in [2.45, 2.75) is 13.3 Å². The molecule has 0 atom stereocenters. The highest BCUT2D eigenvalue weighted by molar-refractivity contribution is 6.30. The second-order valence-corrected chi connectivity index (χ2v) is 5.54. The van der Waals surface area contributed by atoms with E-state index in [0.717, 1.165) is 10.1 Å². The molecular formula is C16H14ClN3O4. The highest BCUT2D eigenvalue weighted by Gasteiger charge is 2.20. The van der Waals surface area contributed by atoms with E-state index < -0.39 is 11.5 Å². The van der Waals surface area contributed by atoms with Crippen molar-refractivity contribution in [2.24, 2.45) is 0 Å². The molecule has 0 bridgehead atoms. The minimum atomic E-state index is -0.618. The number of halogens is 1. The smallest absolute Gasteiger partial charge is 0.343 e. The van der Waals surface area contributed by atoms with Crippen LogP contribution in [0, 0.1) is 0 Å². The number of carbonyl (C=O) groups is 1. The Balaban J connectivity index is 2.06. The van der Waals surface area contributed by atoms with Crippen molar-refractivity contribution < 1.29 is 14.6 Å². The van der Waals surface area contributed by atoms with Crippen LogP contribution in [0.1, 0.15) is 28.4 Å². The van der Waals surface area contributed by atoms with Gasteiger partial charge in [0.1, 0.15) is 5.56 Å². The molecule has 2 heterocycles. The third kappa shape index (κ3) is 2.85. The number of rotatable bonds is 4. The Kier molecular flexibility index (Phi) is 4.26. The van der Waals surface area contributed by atoms with Gasteiger partial charge in [0.2, 0.25) is 5.88 Å². The number of carbonyl (C=O) groups excluding carboxylic acids is 1. The van der Waals surface area contributed by atoms with Gasteiger partial charge in [0.15, 0.2) is 5.65 Å². The summed E-state index contributed by atoms with van der Waals surface area (Å²) in [5, 5.41) is 14.9. The van der Waals surface area contributed by atoms with E-state index in [-0.39, 0.29) is 35.7 Å². The summed E-state index contributed by atoms with van der Waals surface area (Å²) in [4.78, 5) is 26.8.